The van der Waals surface area contributed by atoms with Crippen LogP contribution in [-0.4, -0.2) is 0 Å². The highest BCUT2D eigenvalue weighted by Gasteiger charge is 2.19. The number of rotatable bonds is 3. The highest BCUT2D eigenvalue weighted by molar-refractivity contribution is 6.30. The van der Waals surface area contributed by atoms with Gasteiger partial charge in [-0.25, -0.2) is 0 Å². The summed E-state index contributed by atoms with van der Waals surface area (Å²) in [7, 11) is 0. The second-order valence-corrected chi connectivity index (χ2v) is 4.57. The van der Waals surface area contributed by atoms with E-state index in [-0.39, 0.29) is 10.8 Å². The third-order valence-electron chi connectivity index (χ3n) is 2.49. The molecule has 0 aliphatic heterocycles. The molecule has 0 saturated carbocycles. The second-order valence-electron chi connectivity index (χ2n) is 3.62. The first kappa shape index (κ1) is 11.5. The molecular weight excluding hydrogens is 239 g/mol. The van der Waals surface area contributed by atoms with Crippen LogP contribution in [0.15, 0.2) is 60.7 Å². The first-order valence-electron chi connectivity index (χ1n) is 5.17. The summed E-state index contributed by atoms with van der Waals surface area (Å²) >= 11 is 12.7. The van der Waals surface area contributed by atoms with Crippen molar-refractivity contribution in [3.8, 4) is 0 Å². The molecule has 0 aromatic heterocycles. The van der Waals surface area contributed by atoms with Crippen molar-refractivity contribution in [1.82, 2.24) is 0 Å². The number of hydrogen-bond acceptors (Lipinski definition) is 0. The summed E-state index contributed by atoms with van der Waals surface area (Å²) in [5.74, 6) is 0. The Balaban J connectivity index is 2.20. The molecule has 0 spiro atoms. The zero-order valence-electron chi connectivity index (χ0n) is 8.68. The Labute approximate surface area is 106 Å². The van der Waals surface area contributed by atoms with Crippen LogP contribution in [0.5, 0.6) is 0 Å². The molecule has 0 amide bonds. The molecule has 82 valence electrons. The smallest absolute Gasteiger partial charge is 0.0790 e. The van der Waals surface area contributed by atoms with E-state index in [9.17, 15) is 0 Å². The molecule has 2 rings (SSSR count). The van der Waals surface area contributed by atoms with E-state index in [1.807, 2.05) is 60.7 Å². The van der Waals surface area contributed by atoms with Crippen LogP contribution in [-0.2, 0) is 0 Å². The van der Waals surface area contributed by atoms with Crippen LogP contribution in [0.2, 0.25) is 0 Å². The maximum absolute atomic E-state index is 6.36. The van der Waals surface area contributed by atoms with Gasteiger partial charge >= 0.3 is 0 Å². The largest absolute Gasteiger partial charge is 0.116 e. The Hall–Kier alpha value is -0.980. The summed E-state index contributed by atoms with van der Waals surface area (Å²) in [4.78, 5) is 0. The van der Waals surface area contributed by atoms with Gasteiger partial charge in [-0.15, -0.1) is 23.2 Å². The van der Waals surface area contributed by atoms with Crippen molar-refractivity contribution in [2.75, 3.05) is 0 Å². The summed E-state index contributed by atoms with van der Waals surface area (Å²) in [5, 5.41) is -0.407. The second kappa shape index (κ2) is 5.38. The summed E-state index contributed by atoms with van der Waals surface area (Å²) in [5.41, 5.74) is 2.10. The van der Waals surface area contributed by atoms with E-state index < -0.39 is 0 Å². The van der Waals surface area contributed by atoms with E-state index in [4.69, 9.17) is 23.2 Å². The molecule has 2 aromatic carbocycles. The fraction of sp³-hybridized carbons (Fsp3) is 0.143. The molecule has 16 heavy (non-hydrogen) atoms. The molecule has 0 radical (unpaired) electrons. The van der Waals surface area contributed by atoms with Gasteiger partial charge in [-0.1, -0.05) is 60.7 Å². The number of alkyl halides is 2. The summed E-state index contributed by atoms with van der Waals surface area (Å²) in [6.45, 7) is 0. The fourth-order valence-electron chi connectivity index (χ4n) is 1.61. The van der Waals surface area contributed by atoms with E-state index in [0.29, 0.717) is 0 Å². The number of halogens is 2. The van der Waals surface area contributed by atoms with Gasteiger partial charge in [-0.05, 0) is 11.1 Å². The molecule has 0 nitrogen and oxygen atoms in total. The fourth-order valence-corrected chi connectivity index (χ4v) is 2.19. The minimum absolute atomic E-state index is 0.203. The lowest BCUT2D eigenvalue weighted by molar-refractivity contribution is 0.882. The van der Waals surface area contributed by atoms with Crippen LogP contribution >= 0.6 is 23.2 Å². The highest BCUT2D eigenvalue weighted by atomic mass is 35.5. The minimum atomic E-state index is -0.203. The maximum atomic E-state index is 6.36. The summed E-state index contributed by atoms with van der Waals surface area (Å²) in [6.07, 6.45) is 0. The predicted octanol–water partition coefficient (Wildman–Crippen LogP) is 4.95. The van der Waals surface area contributed by atoms with Gasteiger partial charge in [0, 0.05) is 0 Å². The van der Waals surface area contributed by atoms with Crippen molar-refractivity contribution in [3.05, 3.63) is 71.8 Å². The van der Waals surface area contributed by atoms with Crippen LogP contribution in [0.25, 0.3) is 0 Å². The molecule has 0 bridgehead atoms. The summed E-state index contributed by atoms with van der Waals surface area (Å²) < 4.78 is 0. The first-order chi connectivity index (χ1) is 7.79. The molecule has 2 atom stereocenters. The molecule has 2 aromatic rings. The predicted molar refractivity (Wildman–Crippen MR) is 70.1 cm³/mol. The number of hydrogen-bond donors (Lipinski definition) is 0. The van der Waals surface area contributed by atoms with E-state index >= 15 is 0 Å². The van der Waals surface area contributed by atoms with Gasteiger partial charge in [-0.3, -0.25) is 0 Å². The van der Waals surface area contributed by atoms with E-state index in [1.54, 1.807) is 0 Å². The van der Waals surface area contributed by atoms with Crippen LogP contribution in [0.4, 0.5) is 0 Å². The molecule has 0 N–H and O–H groups in total. The molecule has 0 fully saturated rings. The van der Waals surface area contributed by atoms with E-state index in [0.717, 1.165) is 11.1 Å². The average Bonchev–Trinajstić information content (AvgIpc) is 2.39. The Morgan fingerprint density at radius 1 is 0.562 bits per heavy atom. The van der Waals surface area contributed by atoms with Crippen molar-refractivity contribution < 1.29 is 0 Å². The third-order valence-corrected chi connectivity index (χ3v) is 3.63. The lowest BCUT2D eigenvalue weighted by Crippen LogP contribution is -1.99. The van der Waals surface area contributed by atoms with E-state index in [2.05, 4.69) is 0 Å². The topological polar surface area (TPSA) is 0 Å². The zero-order chi connectivity index (χ0) is 11.4. The molecule has 0 aliphatic carbocycles. The van der Waals surface area contributed by atoms with Gasteiger partial charge in [0.05, 0.1) is 10.8 Å². The minimum Gasteiger partial charge on any atom is -0.116 e. The van der Waals surface area contributed by atoms with Crippen molar-refractivity contribution in [3.63, 3.8) is 0 Å². The zero-order valence-corrected chi connectivity index (χ0v) is 10.2. The van der Waals surface area contributed by atoms with Gasteiger partial charge in [-0.2, -0.15) is 0 Å². The average molecular weight is 251 g/mol. The first-order valence-corrected chi connectivity index (χ1v) is 6.04. The van der Waals surface area contributed by atoms with Crippen molar-refractivity contribution in [2.24, 2.45) is 0 Å². The van der Waals surface area contributed by atoms with Gasteiger partial charge < -0.3 is 0 Å². The number of benzene rings is 2. The van der Waals surface area contributed by atoms with Crippen molar-refractivity contribution >= 4 is 23.2 Å². The Kier molecular flexibility index (Phi) is 3.87. The van der Waals surface area contributed by atoms with Crippen LogP contribution in [0.1, 0.15) is 21.9 Å². The lowest BCUT2D eigenvalue weighted by atomic mass is 10.0. The molecular formula is C14H12Cl2. The normalized spacial score (nSPS) is 14.4. The monoisotopic (exact) mass is 250 g/mol. The van der Waals surface area contributed by atoms with Crippen LogP contribution in [0.3, 0.4) is 0 Å². The highest BCUT2D eigenvalue weighted by Crippen LogP contribution is 2.38. The molecule has 0 heterocycles. The standard InChI is InChI=1S/C14H12Cl2/c15-13(11-7-3-1-4-8-11)14(16)12-9-5-2-6-10-12/h1-10,13-14H/t13-,14-/m1/s1. The molecule has 2 heteroatoms. The maximum Gasteiger partial charge on any atom is 0.0790 e. The lowest BCUT2D eigenvalue weighted by Gasteiger charge is -2.16. The molecule has 0 saturated heterocycles. The van der Waals surface area contributed by atoms with Gasteiger partial charge in [0.25, 0.3) is 0 Å². The Bertz CT molecular complexity index is 382. The van der Waals surface area contributed by atoms with Gasteiger partial charge in [0.2, 0.25) is 0 Å². The Morgan fingerprint density at radius 3 is 1.19 bits per heavy atom. The molecule has 0 unspecified atom stereocenters. The van der Waals surface area contributed by atoms with Crippen LogP contribution in [0, 0.1) is 0 Å². The third kappa shape index (κ3) is 2.58. The summed E-state index contributed by atoms with van der Waals surface area (Å²) in [6, 6.07) is 19.8. The SMILES string of the molecule is Cl[C@H](c1ccccc1)[C@H](Cl)c1ccccc1. The molecule has 0 aliphatic rings. The quantitative estimate of drug-likeness (QED) is 0.677. The van der Waals surface area contributed by atoms with Crippen molar-refractivity contribution in [1.29, 1.82) is 0 Å². The Morgan fingerprint density at radius 2 is 0.875 bits per heavy atom. The van der Waals surface area contributed by atoms with Crippen molar-refractivity contribution in [2.45, 2.75) is 10.8 Å². The van der Waals surface area contributed by atoms with E-state index in [1.165, 1.54) is 0 Å². The van der Waals surface area contributed by atoms with Gasteiger partial charge in [0.1, 0.15) is 0 Å². The van der Waals surface area contributed by atoms with Gasteiger partial charge in [0.15, 0.2) is 0 Å². The van der Waals surface area contributed by atoms with Crippen LogP contribution < -0.4 is 0 Å².